The summed E-state index contributed by atoms with van der Waals surface area (Å²) in [5, 5.41) is 10.2. The molecule has 0 aromatic heterocycles. The van der Waals surface area contributed by atoms with E-state index in [1.54, 1.807) is 12.1 Å². The molecule has 0 aliphatic carbocycles. The number of ether oxygens (including phenoxy) is 1. The lowest BCUT2D eigenvalue weighted by molar-refractivity contribution is 0.0539. The Morgan fingerprint density at radius 1 is 1.04 bits per heavy atom. The Morgan fingerprint density at radius 2 is 1.70 bits per heavy atom. The Labute approximate surface area is 137 Å². The summed E-state index contributed by atoms with van der Waals surface area (Å²) < 4.78 is 19.4. The third-order valence-electron chi connectivity index (χ3n) is 3.69. The van der Waals surface area contributed by atoms with Gasteiger partial charge < -0.3 is 9.84 Å². The number of hydrogen-bond acceptors (Lipinski definition) is 3. The van der Waals surface area contributed by atoms with Crippen molar-refractivity contribution in [3.63, 3.8) is 0 Å². The Hall–Kier alpha value is -1.91. The molecule has 0 bridgehead atoms. The Bertz CT molecular complexity index is 589. The van der Waals surface area contributed by atoms with Gasteiger partial charge in [-0.25, -0.2) is 4.39 Å². The molecule has 1 atom stereocenters. The van der Waals surface area contributed by atoms with Gasteiger partial charge in [0.1, 0.15) is 24.3 Å². The van der Waals surface area contributed by atoms with Crippen molar-refractivity contribution in [3.8, 4) is 5.75 Å². The molecule has 0 heterocycles. The maximum absolute atomic E-state index is 13.8. The number of nitrogens with zero attached hydrogens (tertiary/aromatic N) is 1. The van der Waals surface area contributed by atoms with Crippen molar-refractivity contribution in [1.29, 1.82) is 0 Å². The number of benzene rings is 2. The Balaban J connectivity index is 1.90. The van der Waals surface area contributed by atoms with E-state index in [2.05, 4.69) is 0 Å². The largest absolute Gasteiger partial charge is 0.491 e. The van der Waals surface area contributed by atoms with Gasteiger partial charge in [0.25, 0.3) is 0 Å². The van der Waals surface area contributed by atoms with E-state index < -0.39 is 6.10 Å². The molecule has 2 rings (SSSR count). The predicted octanol–water partition coefficient (Wildman–Crippen LogP) is 3.48. The number of aliphatic hydroxyl groups excluding tert-OH is 1. The lowest BCUT2D eigenvalue weighted by Gasteiger charge is -2.29. The van der Waals surface area contributed by atoms with Gasteiger partial charge >= 0.3 is 0 Å². The highest BCUT2D eigenvalue weighted by molar-refractivity contribution is 5.21. The molecule has 0 radical (unpaired) electrons. The fraction of sp³-hybridized carbons (Fsp3) is 0.368. The molecule has 3 nitrogen and oxygen atoms in total. The fourth-order valence-corrected chi connectivity index (χ4v) is 2.34. The number of hydrogen-bond donors (Lipinski definition) is 1. The smallest absolute Gasteiger partial charge is 0.127 e. The molecule has 4 heteroatoms. The number of para-hydroxylation sites is 1. The van der Waals surface area contributed by atoms with Gasteiger partial charge in [0.15, 0.2) is 0 Å². The SMILES string of the molecule is CC(C)N(Cc1ccccc1F)C[C@H](O)COc1ccccc1. The molecule has 0 aliphatic rings. The van der Waals surface area contributed by atoms with Gasteiger partial charge in [-0.05, 0) is 32.0 Å². The standard InChI is InChI=1S/C19H24FNO2/c1-15(2)21(12-16-8-6-7-11-19(16)20)13-17(22)14-23-18-9-4-3-5-10-18/h3-11,15,17,22H,12-14H2,1-2H3/t17-/m0/s1. The molecule has 0 aliphatic heterocycles. The molecule has 0 saturated carbocycles. The zero-order valence-corrected chi connectivity index (χ0v) is 13.7. The minimum Gasteiger partial charge on any atom is -0.491 e. The highest BCUT2D eigenvalue weighted by Gasteiger charge is 2.17. The van der Waals surface area contributed by atoms with E-state index in [-0.39, 0.29) is 18.5 Å². The van der Waals surface area contributed by atoms with Gasteiger partial charge in [-0.15, -0.1) is 0 Å². The van der Waals surface area contributed by atoms with E-state index in [1.807, 2.05) is 55.1 Å². The van der Waals surface area contributed by atoms with Crippen molar-refractivity contribution in [2.24, 2.45) is 0 Å². The van der Waals surface area contributed by atoms with Crippen LogP contribution < -0.4 is 4.74 Å². The van der Waals surface area contributed by atoms with Crippen molar-refractivity contribution in [3.05, 3.63) is 66.0 Å². The van der Waals surface area contributed by atoms with E-state index in [4.69, 9.17) is 4.74 Å². The second-order valence-corrected chi connectivity index (χ2v) is 5.89. The monoisotopic (exact) mass is 317 g/mol. The lowest BCUT2D eigenvalue weighted by atomic mass is 10.1. The van der Waals surface area contributed by atoms with Crippen molar-refractivity contribution < 1.29 is 14.2 Å². The first kappa shape index (κ1) is 17.4. The molecule has 0 fully saturated rings. The zero-order chi connectivity index (χ0) is 16.7. The number of aliphatic hydroxyl groups is 1. The average Bonchev–Trinajstić information content (AvgIpc) is 2.55. The zero-order valence-electron chi connectivity index (χ0n) is 13.7. The Kier molecular flexibility index (Phi) is 6.56. The molecule has 124 valence electrons. The van der Waals surface area contributed by atoms with Crippen molar-refractivity contribution in [1.82, 2.24) is 4.90 Å². The first-order valence-electron chi connectivity index (χ1n) is 7.89. The van der Waals surface area contributed by atoms with Crippen LogP contribution in [0.3, 0.4) is 0 Å². The number of halogens is 1. The van der Waals surface area contributed by atoms with Crippen LogP contribution in [0.15, 0.2) is 54.6 Å². The number of rotatable bonds is 8. The highest BCUT2D eigenvalue weighted by Crippen LogP contribution is 2.13. The molecule has 23 heavy (non-hydrogen) atoms. The molecular weight excluding hydrogens is 293 g/mol. The van der Waals surface area contributed by atoms with E-state index in [0.717, 1.165) is 5.75 Å². The minimum absolute atomic E-state index is 0.195. The lowest BCUT2D eigenvalue weighted by Crippen LogP contribution is -2.39. The first-order valence-corrected chi connectivity index (χ1v) is 7.89. The molecule has 0 spiro atoms. The average molecular weight is 317 g/mol. The summed E-state index contributed by atoms with van der Waals surface area (Å²) in [4.78, 5) is 2.04. The molecule has 2 aromatic rings. The van der Waals surface area contributed by atoms with Gasteiger partial charge in [0, 0.05) is 24.7 Å². The molecular formula is C19H24FNO2. The van der Waals surface area contributed by atoms with Crippen LogP contribution in [-0.2, 0) is 6.54 Å². The van der Waals surface area contributed by atoms with Crippen LogP contribution in [0.1, 0.15) is 19.4 Å². The van der Waals surface area contributed by atoms with Gasteiger partial charge in [-0.2, -0.15) is 0 Å². The highest BCUT2D eigenvalue weighted by atomic mass is 19.1. The summed E-state index contributed by atoms with van der Waals surface area (Å²) in [5.74, 6) is 0.518. The summed E-state index contributed by atoms with van der Waals surface area (Å²) >= 11 is 0. The van der Waals surface area contributed by atoms with E-state index in [9.17, 15) is 9.50 Å². The molecule has 2 aromatic carbocycles. The molecule has 0 saturated heterocycles. The fourth-order valence-electron chi connectivity index (χ4n) is 2.34. The van der Waals surface area contributed by atoms with Crippen molar-refractivity contribution in [2.45, 2.75) is 32.5 Å². The minimum atomic E-state index is -0.635. The van der Waals surface area contributed by atoms with E-state index in [0.29, 0.717) is 18.7 Å². The topological polar surface area (TPSA) is 32.7 Å². The third-order valence-corrected chi connectivity index (χ3v) is 3.69. The van der Waals surface area contributed by atoms with Crippen molar-refractivity contribution in [2.75, 3.05) is 13.2 Å². The van der Waals surface area contributed by atoms with Crippen LogP contribution >= 0.6 is 0 Å². The van der Waals surface area contributed by atoms with Crippen LogP contribution in [0.5, 0.6) is 5.75 Å². The van der Waals surface area contributed by atoms with Crippen LogP contribution in [0.4, 0.5) is 4.39 Å². The molecule has 0 amide bonds. The summed E-state index contributed by atoms with van der Waals surface area (Å²) in [7, 11) is 0. The second-order valence-electron chi connectivity index (χ2n) is 5.89. The summed E-state index contributed by atoms with van der Waals surface area (Å²) in [6, 6.07) is 16.3. The molecule has 1 N–H and O–H groups in total. The molecule has 0 unspecified atom stereocenters. The van der Waals surface area contributed by atoms with Gasteiger partial charge in [-0.1, -0.05) is 36.4 Å². The van der Waals surface area contributed by atoms with Crippen LogP contribution in [0.25, 0.3) is 0 Å². The summed E-state index contributed by atoms with van der Waals surface area (Å²) in [5.41, 5.74) is 0.636. The normalized spacial score (nSPS) is 12.6. The summed E-state index contributed by atoms with van der Waals surface area (Å²) in [6.07, 6.45) is -0.635. The third kappa shape index (κ3) is 5.66. The first-order chi connectivity index (χ1) is 11.1. The van der Waals surface area contributed by atoms with E-state index >= 15 is 0 Å². The van der Waals surface area contributed by atoms with Crippen LogP contribution in [0, 0.1) is 5.82 Å². The van der Waals surface area contributed by atoms with Crippen molar-refractivity contribution >= 4 is 0 Å². The van der Waals surface area contributed by atoms with Crippen LogP contribution in [-0.4, -0.2) is 35.3 Å². The maximum atomic E-state index is 13.8. The quantitative estimate of drug-likeness (QED) is 0.809. The van der Waals surface area contributed by atoms with Gasteiger partial charge in [-0.3, -0.25) is 4.90 Å². The van der Waals surface area contributed by atoms with Gasteiger partial charge in [0.05, 0.1) is 0 Å². The predicted molar refractivity (Wildman–Crippen MR) is 89.9 cm³/mol. The van der Waals surface area contributed by atoms with Crippen LogP contribution in [0.2, 0.25) is 0 Å². The Morgan fingerprint density at radius 3 is 2.35 bits per heavy atom. The van der Waals surface area contributed by atoms with E-state index in [1.165, 1.54) is 6.07 Å². The summed E-state index contributed by atoms with van der Waals surface area (Å²) in [6.45, 7) is 5.17. The maximum Gasteiger partial charge on any atom is 0.127 e. The van der Waals surface area contributed by atoms with Gasteiger partial charge in [0.2, 0.25) is 0 Å². The second kappa shape index (κ2) is 8.65.